The van der Waals surface area contributed by atoms with E-state index in [2.05, 4.69) is 5.32 Å². The molecular weight excluding hydrogens is 404 g/mol. The van der Waals surface area contributed by atoms with Crippen LogP contribution >= 0.6 is 22.9 Å². The van der Waals surface area contributed by atoms with Gasteiger partial charge in [-0.2, -0.15) is 4.31 Å². The smallest absolute Gasteiger partial charge is 0.252 e. The van der Waals surface area contributed by atoms with Crippen molar-refractivity contribution in [3.63, 3.8) is 0 Å². The third-order valence-electron chi connectivity index (χ3n) is 4.25. The molecule has 0 aliphatic carbocycles. The summed E-state index contributed by atoms with van der Waals surface area (Å²) in [7, 11) is -2.36. The number of nitrogens with zero attached hydrogens (tertiary/aromatic N) is 1. The zero-order valence-corrected chi connectivity index (χ0v) is 17.2. The molecule has 0 bridgehead atoms. The van der Waals surface area contributed by atoms with Gasteiger partial charge in [-0.05, 0) is 35.4 Å². The molecule has 0 spiro atoms. The first kappa shape index (κ1) is 19.8. The molecule has 1 aromatic heterocycles. The van der Waals surface area contributed by atoms with Crippen LogP contribution in [0.5, 0.6) is 0 Å². The monoisotopic (exact) mass is 422 g/mol. The SMILES string of the molecule is CC(NC(=O)CN(C)S(=O)(=O)c1ccc(Cl)s1)c1cccc2ccccc12. The number of amides is 1. The van der Waals surface area contributed by atoms with Crippen molar-refractivity contribution in [3.8, 4) is 0 Å². The number of benzene rings is 2. The minimum atomic E-state index is -3.74. The normalized spacial score (nSPS) is 13.0. The lowest BCUT2D eigenvalue weighted by molar-refractivity contribution is -0.121. The number of carbonyl (C=O) groups is 1. The summed E-state index contributed by atoms with van der Waals surface area (Å²) >= 11 is 6.78. The second-order valence-electron chi connectivity index (χ2n) is 6.18. The number of sulfonamides is 1. The third-order valence-corrected chi connectivity index (χ3v) is 7.75. The van der Waals surface area contributed by atoms with Gasteiger partial charge in [-0.3, -0.25) is 4.79 Å². The molecule has 0 saturated heterocycles. The highest BCUT2D eigenvalue weighted by Crippen LogP contribution is 2.28. The molecule has 142 valence electrons. The van der Waals surface area contributed by atoms with Crippen LogP contribution < -0.4 is 5.32 Å². The van der Waals surface area contributed by atoms with Gasteiger partial charge in [-0.25, -0.2) is 8.42 Å². The van der Waals surface area contributed by atoms with E-state index in [0.717, 1.165) is 32.0 Å². The van der Waals surface area contributed by atoms with Crippen LogP contribution in [0, 0.1) is 0 Å². The molecule has 1 amide bonds. The molecule has 0 aliphatic heterocycles. The first-order valence-electron chi connectivity index (χ1n) is 8.28. The van der Waals surface area contributed by atoms with Crippen molar-refractivity contribution in [2.75, 3.05) is 13.6 Å². The summed E-state index contributed by atoms with van der Waals surface area (Å²) in [5, 5.41) is 5.03. The molecule has 2 aromatic carbocycles. The van der Waals surface area contributed by atoms with Crippen molar-refractivity contribution < 1.29 is 13.2 Å². The molecule has 0 saturated carbocycles. The van der Waals surface area contributed by atoms with E-state index in [0.29, 0.717) is 4.34 Å². The van der Waals surface area contributed by atoms with Crippen LogP contribution in [0.2, 0.25) is 4.34 Å². The maximum atomic E-state index is 12.5. The van der Waals surface area contributed by atoms with Gasteiger partial charge in [-0.1, -0.05) is 54.1 Å². The molecular formula is C19H19ClN2O3S2. The lowest BCUT2D eigenvalue weighted by Crippen LogP contribution is -2.39. The Balaban J connectivity index is 1.71. The van der Waals surface area contributed by atoms with Gasteiger partial charge in [0.15, 0.2) is 0 Å². The van der Waals surface area contributed by atoms with E-state index in [1.807, 2.05) is 49.4 Å². The molecule has 0 radical (unpaired) electrons. The zero-order valence-electron chi connectivity index (χ0n) is 14.8. The molecule has 1 N–H and O–H groups in total. The lowest BCUT2D eigenvalue weighted by Gasteiger charge is -2.20. The summed E-state index contributed by atoms with van der Waals surface area (Å²) in [6.45, 7) is 1.61. The molecule has 8 heteroatoms. The van der Waals surface area contributed by atoms with E-state index in [9.17, 15) is 13.2 Å². The zero-order chi connectivity index (χ0) is 19.6. The Bertz CT molecular complexity index is 1070. The van der Waals surface area contributed by atoms with E-state index in [1.165, 1.54) is 19.2 Å². The second kappa shape index (κ2) is 7.98. The molecule has 1 heterocycles. The van der Waals surface area contributed by atoms with Crippen LogP contribution in [0.25, 0.3) is 10.8 Å². The second-order valence-corrected chi connectivity index (χ2v) is 10.2. The van der Waals surface area contributed by atoms with Crippen LogP contribution in [0.15, 0.2) is 58.8 Å². The summed E-state index contributed by atoms with van der Waals surface area (Å²) in [6, 6.07) is 16.6. The van der Waals surface area contributed by atoms with E-state index in [-0.39, 0.29) is 22.7 Å². The molecule has 3 rings (SSSR count). The number of hydrogen-bond donors (Lipinski definition) is 1. The van der Waals surface area contributed by atoms with Gasteiger partial charge >= 0.3 is 0 Å². The van der Waals surface area contributed by atoms with Gasteiger partial charge in [-0.15, -0.1) is 11.3 Å². The number of carbonyl (C=O) groups excluding carboxylic acids is 1. The summed E-state index contributed by atoms with van der Waals surface area (Å²) in [4.78, 5) is 12.4. The standard InChI is InChI=1S/C19H19ClN2O3S2/c1-13(15-9-5-7-14-6-3-4-8-16(14)15)21-18(23)12-22(2)27(24,25)19-11-10-17(20)26-19/h3-11,13H,12H2,1-2H3,(H,21,23). The van der Waals surface area contributed by atoms with E-state index >= 15 is 0 Å². The number of nitrogens with one attached hydrogen (secondary N) is 1. The maximum absolute atomic E-state index is 12.5. The van der Waals surface area contributed by atoms with Gasteiger partial charge in [0.2, 0.25) is 5.91 Å². The quantitative estimate of drug-likeness (QED) is 0.651. The molecule has 0 aliphatic rings. The average Bonchev–Trinajstić information content (AvgIpc) is 3.08. The van der Waals surface area contributed by atoms with Crippen LogP contribution in [-0.4, -0.2) is 32.2 Å². The number of likely N-dealkylation sites (N-methyl/N-ethyl adjacent to an activating group) is 1. The predicted octanol–water partition coefficient (Wildman–Crippen LogP) is 4.05. The van der Waals surface area contributed by atoms with Crippen LogP contribution in [-0.2, 0) is 14.8 Å². The topological polar surface area (TPSA) is 66.5 Å². The van der Waals surface area contributed by atoms with Gasteiger partial charge < -0.3 is 5.32 Å². The van der Waals surface area contributed by atoms with Crippen LogP contribution in [0.4, 0.5) is 0 Å². The maximum Gasteiger partial charge on any atom is 0.252 e. The number of hydrogen-bond acceptors (Lipinski definition) is 4. The highest BCUT2D eigenvalue weighted by Gasteiger charge is 2.25. The Hall–Kier alpha value is -1.93. The minimum Gasteiger partial charge on any atom is -0.348 e. The van der Waals surface area contributed by atoms with E-state index < -0.39 is 10.0 Å². The molecule has 0 fully saturated rings. The largest absolute Gasteiger partial charge is 0.348 e. The number of thiophene rings is 1. The number of rotatable bonds is 6. The Morgan fingerprint density at radius 3 is 2.56 bits per heavy atom. The average molecular weight is 423 g/mol. The van der Waals surface area contributed by atoms with E-state index in [1.54, 1.807) is 0 Å². The van der Waals surface area contributed by atoms with Crippen molar-refractivity contribution in [1.82, 2.24) is 9.62 Å². The first-order chi connectivity index (χ1) is 12.8. The Kier molecular flexibility index (Phi) is 5.86. The van der Waals surface area contributed by atoms with Crippen molar-refractivity contribution in [1.29, 1.82) is 0 Å². The summed E-state index contributed by atoms with van der Waals surface area (Å²) in [5.74, 6) is -0.371. The summed E-state index contributed by atoms with van der Waals surface area (Å²) < 4.78 is 26.5. The predicted molar refractivity (Wildman–Crippen MR) is 110 cm³/mol. The Morgan fingerprint density at radius 2 is 1.85 bits per heavy atom. The van der Waals surface area contributed by atoms with Gasteiger partial charge in [0.05, 0.1) is 16.9 Å². The Morgan fingerprint density at radius 1 is 1.15 bits per heavy atom. The summed E-state index contributed by atoms with van der Waals surface area (Å²) in [5.41, 5.74) is 0.983. The van der Waals surface area contributed by atoms with Crippen molar-refractivity contribution in [2.45, 2.75) is 17.2 Å². The molecule has 1 atom stereocenters. The van der Waals surface area contributed by atoms with Crippen LogP contribution in [0.1, 0.15) is 18.5 Å². The Labute approximate surface area is 167 Å². The number of fused-ring (bicyclic) bond motifs is 1. The lowest BCUT2D eigenvalue weighted by atomic mass is 10.00. The molecule has 27 heavy (non-hydrogen) atoms. The first-order valence-corrected chi connectivity index (χ1v) is 10.9. The van der Waals surface area contributed by atoms with Crippen molar-refractivity contribution >= 4 is 49.6 Å². The highest BCUT2D eigenvalue weighted by atomic mass is 35.5. The molecule has 3 aromatic rings. The molecule has 5 nitrogen and oxygen atoms in total. The van der Waals surface area contributed by atoms with Crippen molar-refractivity contribution in [3.05, 3.63) is 64.5 Å². The minimum absolute atomic E-state index is 0.116. The highest BCUT2D eigenvalue weighted by molar-refractivity contribution is 7.91. The van der Waals surface area contributed by atoms with E-state index in [4.69, 9.17) is 11.6 Å². The molecule has 1 unspecified atom stereocenters. The third kappa shape index (κ3) is 4.32. The van der Waals surface area contributed by atoms with Crippen molar-refractivity contribution in [2.24, 2.45) is 0 Å². The van der Waals surface area contributed by atoms with Gasteiger partial charge in [0.25, 0.3) is 10.0 Å². The number of halogens is 1. The fourth-order valence-electron chi connectivity index (χ4n) is 2.87. The fraction of sp³-hybridized carbons (Fsp3) is 0.211. The van der Waals surface area contributed by atoms with Gasteiger partial charge in [0.1, 0.15) is 4.21 Å². The summed E-state index contributed by atoms with van der Waals surface area (Å²) in [6.07, 6.45) is 0. The fourth-order valence-corrected chi connectivity index (χ4v) is 5.69. The van der Waals surface area contributed by atoms with Gasteiger partial charge in [0, 0.05) is 7.05 Å². The van der Waals surface area contributed by atoms with Crippen LogP contribution in [0.3, 0.4) is 0 Å².